The molecule has 5 heteroatoms. The van der Waals surface area contributed by atoms with Gasteiger partial charge in [0.15, 0.2) is 11.0 Å². The lowest BCUT2D eigenvalue weighted by molar-refractivity contribution is 0.311. The van der Waals surface area contributed by atoms with Crippen molar-refractivity contribution >= 4 is 17.4 Å². The number of hydrogen-bond donors (Lipinski definition) is 1. The molecule has 1 saturated heterocycles. The molecule has 1 aromatic heterocycles. The summed E-state index contributed by atoms with van der Waals surface area (Å²) in [4.78, 5) is 2.28. The first-order valence-corrected chi connectivity index (χ1v) is 6.69. The van der Waals surface area contributed by atoms with Gasteiger partial charge in [0.2, 0.25) is 0 Å². The zero-order valence-electron chi connectivity index (χ0n) is 9.77. The van der Waals surface area contributed by atoms with Crippen molar-refractivity contribution in [2.45, 2.75) is 37.8 Å². The number of nitrogens with one attached hydrogen (secondary N) is 1. The van der Waals surface area contributed by atoms with Gasteiger partial charge in [-0.1, -0.05) is 18.0 Å². The van der Waals surface area contributed by atoms with E-state index in [-0.39, 0.29) is 0 Å². The number of hydrogen-bond acceptors (Lipinski definition) is 4. The van der Waals surface area contributed by atoms with Gasteiger partial charge < -0.3 is 10.2 Å². The van der Waals surface area contributed by atoms with Gasteiger partial charge in [0, 0.05) is 25.2 Å². The van der Waals surface area contributed by atoms with E-state index >= 15 is 0 Å². The van der Waals surface area contributed by atoms with Crippen molar-refractivity contribution in [2.75, 3.05) is 18.0 Å². The maximum atomic E-state index is 5.74. The second-order valence-corrected chi connectivity index (χ2v) is 5.33. The van der Waals surface area contributed by atoms with Gasteiger partial charge in [-0.05, 0) is 31.4 Å². The normalized spacial score (nSPS) is 25.0. The lowest BCUT2D eigenvalue weighted by Gasteiger charge is -2.29. The predicted molar refractivity (Wildman–Crippen MR) is 68.4 cm³/mol. The van der Waals surface area contributed by atoms with Gasteiger partial charge in [0.05, 0.1) is 0 Å². The minimum Gasteiger partial charge on any atom is -0.354 e. The minimum absolute atomic E-state index is 0.456. The third kappa shape index (κ3) is 2.53. The molecule has 0 radical (unpaired) electrons. The molecule has 1 aliphatic heterocycles. The highest BCUT2D eigenvalue weighted by atomic mass is 35.5. The van der Waals surface area contributed by atoms with Gasteiger partial charge >= 0.3 is 0 Å². The van der Waals surface area contributed by atoms with E-state index in [0.29, 0.717) is 11.2 Å². The van der Waals surface area contributed by atoms with Crippen molar-refractivity contribution < 1.29 is 0 Å². The third-order valence-electron chi connectivity index (χ3n) is 3.71. The molecule has 0 unspecified atom stereocenters. The first-order valence-electron chi connectivity index (χ1n) is 6.31. The van der Waals surface area contributed by atoms with Crippen molar-refractivity contribution in [1.82, 2.24) is 15.5 Å². The van der Waals surface area contributed by atoms with Crippen LogP contribution in [0.5, 0.6) is 0 Å². The largest absolute Gasteiger partial charge is 0.354 e. The molecule has 1 saturated carbocycles. The highest BCUT2D eigenvalue weighted by molar-refractivity contribution is 6.29. The minimum atomic E-state index is 0.456. The van der Waals surface area contributed by atoms with E-state index < -0.39 is 0 Å². The quantitative estimate of drug-likeness (QED) is 0.892. The van der Waals surface area contributed by atoms with E-state index in [4.69, 9.17) is 11.6 Å². The fourth-order valence-electron chi connectivity index (χ4n) is 2.49. The highest BCUT2D eigenvalue weighted by Gasteiger charge is 2.27. The fraction of sp³-hybridized carbons (Fsp3) is 0.667. The summed E-state index contributed by atoms with van der Waals surface area (Å²) in [6.07, 6.45) is 5.27. The highest BCUT2D eigenvalue weighted by Crippen LogP contribution is 2.23. The molecular formula is C12H17ClN4. The van der Waals surface area contributed by atoms with Crippen LogP contribution >= 0.6 is 11.6 Å². The van der Waals surface area contributed by atoms with E-state index in [2.05, 4.69) is 20.4 Å². The Morgan fingerprint density at radius 1 is 1.18 bits per heavy atom. The molecule has 1 N–H and O–H groups in total. The number of rotatable bonds is 3. The summed E-state index contributed by atoms with van der Waals surface area (Å²) >= 11 is 5.74. The van der Waals surface area contributed by atoms with E-state index in [1.54, 1.807) is 6.07 Å². The zero-order valence-corrected chi connectivity index (χ0v) is 10.5. The lowest BCUT2D eigenvalue weighted by atomic mass is 9.92. The molecule has 17 heavy (non-hydrogen) atoms. The number of aromatic nitrogens is 2. The molecule has 2 fully saturated rings. The molecule has 4 nitrogen and oxygen atoms in total. The topological polar surface area (TPSA) is 41.0 Å². The van der Waals surface area contributed by atoms with Crippen molar-refractivity contribution in [3.05, 3.63) is 17.3 Å². The predicted octanol–water partition coefficient (Wildman–Crippen LogP) is 1.85. The molecular weight excluding hydrogens is 236 g/mol. The standard InChI is InChI=1S/C12H17ClN4/c13-11-4-5-12(16-15-11)17-7-6-10(8-17)14-9-2-1-3-9/h4-5,9-10,14H,1-3,6-8H2/t10-/m1/s1. The van der Waals surface area contributed by atoms with Gasteiger partial charge in [0.1, 0.15) is 0 Å². The number of nitrogens with zero attached hydrogens (tertiary/aromatic N) is 3. The molecule has 0 bridgehead atoms. The Morgan fingerprint density at radius 3 is 2.71 bits per heavy atom. The molecule has 0 amide bonds. The van der Waals surface area contributed by atoms with Crippen LogP contribution in [0.2, 0.25) is 5.15 Å². The number of anilines is 1. The summed E-state index contributed by atoms with van der Waals surface area (Å²) in [5, 5.41) is 12.2. The smallest absolute Gasteiger partial charge is 0.151 e. The van der Waals surface area contributed by atoms with Crippen molar-refractivity contribution in [3.8, 4) is 0 Å². The van der Waals surface area contributed by atoms with Crippen LogP contribution in [0.3, 0.4) is 0 Å². The Labute approximate surface area is 106 Å². The molecule has 0 spiro atoms. The summed E-state index contributed by atoms with van der Waals surface area (Å²) in [7, 11) is 0. The van der Waals surface area contributed by atoms with Crippen LogP contribution < -0.4 is 10.2 Å². The summed E-state index contributed by atoms with van der Waals surface area (Å²) in [5.41, 5.74) is 0. The van der Waals surface area contributed by atoms with Gasteiger partial charge in [-0.25, -0.2) is 0 Å². The van der Waals surface area contributed by atoms with E-state index in [1.165, 1.54) is 25.7 Å². The second kappa shape index (κ2) is 4.78. The van der Waals surface area contributed by atoms with Crippen molar-refractivity contribution in [3.63, 3.8) is 0 Å². The van der Waals surface area contributed by atoms with E-state index in [1.807, 2.05) is 6.07 Å². The average molecular weight is 253 g/mol. The second-order valence-electron chi connectivity index (χ2n) is 4.94. The van der Waals surface area contributed by atoms with Crippen LogP contribution in [0.15, 0.2) is 12.1 Å². The molecule has 0 aromatic carbocycles. The van der Waals surface area contributed by atoms with Gasteiger partial charge in [-0.3, -0.25) is 0 Å². The summed E-state index contributed by atoms with van der Waals surface area (Å²) in [6, 6.07) is 5.12. The molecule has 2 heterocycles. The van der Waals surface area contributed by atoms with Crippen LogP contribution in [-0.2, 0) is 0 Å². The van der Waals surface area contributed by atoms with Crippen LogP contribution in [-0.4, -0.2) is 35.4 Å². The zero-order chi connectivity index (χ0) is 11.7. The monoisotopic (exact) mass is 252 g/mol. The molecule has 92 valence electrons. The van der Waals surface area contributed by atoms with Crippen LogP contribution in [0.25, 0.3) is 0 Å². The fourth-order valence-corrected chi connectivity index (χ4v) is 2.59. The van der Waals surface area contributed by atoms with Crippen LogP contribution in [0.1, 0.15) is 25.7 Å². The Morgan fingerprint density at radius 2 is 2.06 bits per heavy atom. The maximum Gasteiger partial charge on any atom is 0.151 e. The lowest BCUT2D eigenvalue weighted by Crippen LogP contribution is -2.43. The van der Waals surface area contributed by atoms with Crippen LogP contribution in [0.4, 0.5) is 5.82 Å². The summed E-state index contributed by atoms with van der Waals surface area (Å²) in [5.74, 6) is 0.937. The Balaban J connectivity index is 1.57. The Kier molecular flexibility index (Phi) is 3.16. The van der Waals surface area contributed by atoms with Gasteiger partial charge in [-0.2, -0.15) is 0 Å². The first kappa shape index (κ1) is 11.2. The van der Waals surface area contributed by atoms with Gasteiger partial charge in [-0.15, -0.1) is 10.2 Å². The molecule has 2 aliphatic rings. The summed E-state index contributed by atoms with van der Waals surface area (Å²) < 4.78 is 0. The van der Waals surface area contributed by atoms with Crippen molar-refractivity contribution in [1.29, 1.82) is 0 Å². The molecule has 1 aromatic rings. The maximum absolute atomic E-state index is 5.74. The Bertz CT molecular complexity index is 377. The number of halogens is 1. The van der Waals surface area contributed by atoms with Gasteiger partial charge in [0.25, 0.3) is 0 Å². The first-order chi connectivity index (χ1) is 8.31. The Hall–Kier alpha value is -0.870. The molecule has 1 atom stereocenters. The van der Waals surface area contributed by atoms with E-state index in [9.17, 15) is 0 Å². The summed E-state index contributed by atoms with van der Waals surface area (Å²) in [6.45, 7) is 2.09. The SMILES string of the molecule is Clc1ccc(N2CC[C@@H](NC3CCC3)C2)nn1. The molecule has 3 rings (SSSR count). The van der Waals surface area contributed by atoms with E-state index in [0.717, 1.165) is 24.9 Å². The van der Waals surface area contributed by atoms with Crippen molar-refractivity contribution in [2.24, 2.45) is 0 Å². The average Bonchev–Trinajstić information content (AvgIpc) is 2.73. The molecule has 1 aliphatic carbocycles. The van der Waals surface area contributed by atoms with Crippen LogP contribution in [0, 0.1) is 0 Å². The third-order valence-corrected chi connectivity index (χ3v) is 3.91.